The minimum absolute atomic E-state index is 0.0644. The first-order valence-corrected chi connectivity index (χ1v) is 9.12. The molecule has 10 heteroatoms. The van der Waals surface area contributed by atoms with Crippen LogP contribution in [-0.2, 0) is 4.79 Å². The first-order chi connectivity index (χ1) is 13.2. The molecular formula is C17H17ClFN7O. The van der Waals surface area contributed by atoms with Gasteiger partial charge in [-0.25, -0.2) is 14.4 Å². The van der Waals surface area contributed by atoms with Gasteiger partial charge in [-0.3, -0.25) is 4.79 Å². The molecule has 1 amide bonds. The number of piperazine rings is 1. The zero-order valence-electron chi connectivity index (χ0n) is 14.4. The van der Waals surface area contributed by atoms with Crippen molar-refractivity contribution in [3.8, 4) is 5.69 Å². The van der Waals surface area contributed by atoms with Crippen LogP contribution in [0.5, 0.6) is 0 Å². The minimum atomic E-state index is -0.358. The predicted octanol–water partition coefficient (Wildman–Crippen LogP) is 1.63. The Balaban J connectivity index is 1.60. The lowest BCUT2D eigenvalue weighted by atomic mass is 10.2. The number of amides is 1. The second kappa shape index (κ2) is 7.43. The summed E-state index contributed by atoms with van der Waals surface area (Å²) in [6.45, 7) is 2.46. The quantitative estimate of drug-likeness (QED) is 0.631. The third-order valence-electron chi connectivity index (χ3n) is 4.51. The van der Waals surface area contributed by atoms with Gasteiger partial charge in [-0.2, -0.15) is 4.68 Å². The van der Waals surface area contributed by atoms with Gasteiger partial charge in [0.15, 0.2) is 17.0 Å². The number of halogens is 2. The normalized spacial score (nSPS) is 14.7. The van der Waals surface area contributed by atoms with Crippen molar-refractivity contribution in [2.24, 2.45) is 0 Å². The van der Waals surface area contributed by atoms with Crippen molar-refractivity contribution in [2.45, 2.75) is 6.42 Å². The van der Waals surface area contributed by atoms with Crippen LogP contribution in [0.1, 0.15) is 6.42 Å². The van der Waals surface area contributed by atoms with E-state index in [-0.39, 0.29) is 11.7 Å². The molecule has 0 unspecified atom stereocenters. The molecule has 2 aromatic heterocycles. The largest absolute Gasteiger partial charge is 0.351 e. The van der Waals surface area contributed by atoms with E-state index in [1.54, 1.807) is 17.0 Å². The van der Waals surface area contributed by atoms with E-state index in [1.165, 1.54) is 23.1 Å². The number of alkyl halides is 1. The fraction of sp³-hybridized carbons (Fsp3) is 0.353. The topological polar surface area (TPSA) is 80.0 Å². The van der Waals surface area contributed by atoms with Crippen LogP contribution in [0.25, 0.3) is 16.9 Å². The van der Waals surface area contributed by atoms with Crippen LogP contribution in [0, 0.1) is 5.82 Å². The maximum absolute atomic E-state index is 13.5. The van der Waals surface area contributed by atoms with Crippen LogP contribution >= 0.6 is 11.6 Å². The van der Waals surface area contributed by atoms with Crippen molar-refractivity contribution in [2.75, 3.05) is 37.0 Å². The molecule has 0 saturated carbocycles. The Labute approximate surface area is 159 Å². The third kappa shape index (κ3) is 3.42. The Bertz CT molecular complexity index is 971. The molecule has 140 valence electrons. The van der Waals surface area contributed by atoms with Crippen molar-refractivity contribution in [1.82, 2.24) is 29.9 Å². The molecule has 1 saturated heterocycles. The second-order valence-electron chi connectivity index (χ2n) is 6.16. The molecule has 0 N–H and O–H groups in total. The lowest BCUT2D eigenvalue weighted by Crippen LogP contribution is -2.49. The van der Waals surface area contributed by atoms with Gasteiger partial charge in [-0.05, 0) is 18.2 Å². The summed E-state index contributed by atoms with van der Waals surface area (Å²) in [4.78, 5) is 24.5. The number of carbonyl (C=O) groups is 1. The van der Waals surface area contributed by atoms with Crippen molar-refractivity contribution in [1.29, 1.82) is 0 Å². The lowest BCUT2D eigenvalue weighted by molar-refractivity contribution is -0.131. The number of nitrogens with zero attached hydrogens (tertiary/aromatic N) is 7. The number of benzene rings is 1. The smallest absolute Gasteiger partial charge is 0.223 e. The van der Waals surface area contributed by atoms with E-state index in [2.05, 4.69) is 25.2 Å². The molecule has 1 aromatic carbocycles. The third-order valence-corrected chi connectivity index (χ3v) is 4.70. The van der Waals surface area contributed by atoms with Crippen LogP contribution in [0.4, 0.5) is 10.2 Å². The van der Waals surface area contributed by atoms with E-state index >= 15 is 0 Å². The number of fused-ring (bicyclic) bond motifs is 1. The van der Waals surface area contributed by atoms with Crippen LogP contribution in [0.2, 0.25) is 0 Å². The molecule has 1 fully saturated rings. The number of carbonyl (C=O) groups excluding carboxylic acids is 1. The van der Waals surface area contributed by atoms with Crippen molar-refractivity contribution in [3.63, 3.8) is 0 Å². The van der Waals surface area contributed by atoms with Crippen LogP contribution in [-0.4, -0.2) is 67.8 Å². The van der Waals surface area contributed by atoms with Gasteiger partial charge in [-0.1, -0.05) is 11.3 Å². The number of hydrogen-bond acceptors (Lipinski definition) is 6. The summed E-state index contributed by atoms with van der Waals surface area (Å²) in [6.07, 6.45) is 1.79. The van der Waals surface area contributed by atoms with E-state index in [1.807, 2.05) is 0 Å². The average molecular weight is 390 g/mol. The maximum atomic E-state index is 13.5. The molecule has 3 aromatic rings. The summed E-state index contributed by atoms with van der Waals surface area (Å²) in [7, 11) is 0. The van der Waals surface area contributed by atoms with Crippen molar-refractivity contribution >= 4 is 34.5 Å². The zero-order chi connectivity index (χ0) is 18.8. The first-order valence-electron chi connectivity index (χ1n) is 8.58. The van der Waals surface area contributed by atoms with Gasteiger partial charge in [-0.15, -0.1) is 16.7 Å². The number of aromatic nitrogens is 5. The fourth-order valence-corrected chi connectivity index (χ4v) is 3.32. The second-order valence-corrected chi connectivity index (χ2v) is 6.54. The highest BCUT2D eigenvalue weighted by molar-refractivity contribution is 6.18. The Hall–Kier alpha value is -2.81. The Morgan fingerprint density at radius 2 is 2.00 bits per heavy atom. The molecule has 1 aliphatic rings. The molecule has 0 bridgehead atoms. The van der Waals surface area contributed by atoms with Gasteiger partial charge in [0, 0.05) is 38.5 Å². The minimum Gasteiger partial charge on any atom is -0.351 e. The molecule has 0 atom stereocenters. The Morgan fingerprint density at radius 1 is 1.19 bits per heavy atom. The first kappa shape index (κ1) is 17.6. The van der Waals surface area contributed by atoms with Crippen molar-refractivity contribution in [3.05, 3.63) is 36.4 Å². The highest BCUT2D eigenvalue weighted by Gasteiger charge is 2.24. The average Bonchev–Trinajstić information content (AvgIpc) is 3.12. The van der Waals surface area contributed by atoms with E-state index in [0.29, 0.717) is 61.1 Å². The van der Waals surface area contributed by atoms with E-state index in [9.17, 15) is 9.18 Å². The Kier molecular flexibility index (Phi) is 4.85. The summed E-state index contributed by atoms with van der Waals surface area (Å²) in [5.41, 5.74) is 1.59. The molecular weight excluding hydrogens is 373 g/mol. The van der Waals surface area contributed by atoms with Gasteiger partial charge in [0.25, 0.3) is 0 Å². The molecule has 4 rings (SSSR count). The molecule has 8 nitrogen and oxygen atoms in total. The van der Waals surface area contributed by atoms with Gasteiger partial charge < -0.3 is 9.80 Å². The molecule has 3 heterocycles. The van der Waals surface area contributed by atoms with Crippen molar-refractivity contribution < 1.29 is 9.18 Å². The lowest BCUT2D eigenvalue weighted by Gasteiger charge is -2.35. The number of anilines is 1. The summed E-state index contributed by atoms with van der Waals surface area (Å²) in [5, 5.41) is 8.33. The van der Waals surface area contributed by atoms with Crippen LogP contribution < -0.4 is 4.90 Å². The molecule has 1 aliphatic heterocycles. The zero-order valence-corrected chi connectivity index (χ0v) is 15.2. The SMILES string of the molecule is O=C(CCCl)N1CCN(c2ncnc3c2nnn3-c2cccc(F)c2)CC1. The summed E-state index contributed by atoms with van der Waals surface area (Å²) < 4.78 is 15.0. The summed E-state index contributed by atoms with van der Waals surface area (Å²) >= 11 is 5.65. The monoisotopic (exact) mass is 389 g/mol. The highest BCUT2D eigenvalue weighted by atomic mass is 35.5. The maximum Gasteiger partial charge on any atom is 0.223 e. The summed E-state index contributed by atoms with van der Waals surface area (Å²) in [6, 6.07) is 6.09. The molecule has 0 spiro atoms. The highest BCUT2D eigenvalue weighted by Crippen LogP contribution is 2.23. The van der Waals surface area contributed by atoms with Gasteiger partial charge in [0.2, 0.25) is 5.91 Å². The molecule has 0 radical (unpaired) electrons. The van der Waals surface area contributed by atoms with Crippen LogP contribution in [0.15, 0.2) is 30.6 Å². The van der Waals surface area contributed by atoms with Gasteiger partial charge in [0.1, 0.15) is 12.1 Å². The number of hydrogen-bond donors (Lipinski definition) is 0. The molecule has 0 aliphatic carbocycles. The summed E-state index contributed by atoms with van der Waals surface area (Å²) in [5.74, 6) is 0.694. The van der Waals surface area contributed by atoms with Gasteiger partial charge >= 0.3 is 0 Å². The molecule has 27 heavy (non-hydrogen) atoms. The van der Waals surface area contributed by atoms with E-state index in [4.69, 9.17) is 11.6 Å². The fourth-order valence-electron chi connectivity index (χ4n) is 3.16. The van der Waals surface area contributed by atoms with E-state index < -0.39 is 0 Å². The standard InChI is InChI=1S/C17H17ClFN7O/c18-5-4-14(27)24-6-8-25(9-7-24)16-15-17(21-11-20-16)26(23-22-15)13-3-1-2-12(19)10-13/h1-3,10-11H,4-9H2. The van der Waals surface area contributed by atoms with E-state index in [0.717, 1.165) is 0 Å². The van der Waals surface area contributed by atoms with Crippen LogP contribution in [0.3, 0.4) is 0 Å². The predicted molar refractivity (Wildman–Crippen MR) is 98.5 cm³/mol. The number of rotatable bonds is 4. The Morgan fingerprint density at radius 3 is 2.74 bits per heavy atom. The van der Waals surface area contributed by atoms with Gasteiger partial charge in [0.05, 0.1) is 5.69 Å².